The van der Waals surface area contributed by atoms with E-state index >= 15 is 0 Å². The number of rotatable bonds is 5. The topological polar surface area (TPSA) is 61.8 Å². The van der Waals surface area contributed by atoms with Gasteiger partial charge in [-0.2, -0.15) is 0 Å². The molecule has 0 N–H and O–H groups in total. The molecule has 2 rings (SSSR count). The van der Waals surface area contributed by atoms with Crippen molar-refractivity contribution in [2.75, 3.05) is 13.7 Å². The molecule has 0 aliphatic rings. The number of hydrogen-bond acceptors (Lipinski definition) is 5. The van der Waals surface area contributed by atoms with E-state index in [0.717, 1.165) is 11.1 Å². The lowest BCUT2D eigenvalue weighted by molar-refractivity contribution is -0.136. The van der Waals surface area contributed by atoms with Crippen LogP contribution in [0.15, 0.2) is 42.5 Å². The third-order valence-electron chi connectivity index (χ3n) is 3.41. The van der Waals surface area contributed by atoms with Crippen LogP contribution >= 0.6 is 0 Å². The Morgan fingerprint density at radius 3 is 2.35 bits per heavy atom. The van der Waals surface area contributed by atoms with Gasteiger partial charge in [-0.05, 0) is 55.3 Å². The number of aryl methyl sites for hydroxylation is 1. The van der Waals surface area contributed by atoms with Gasteiger partial charge in [-0.25, -0.2) is 9.59 Å². The van der Waals surface area contributed by atoms with E-state index in [1.807, 2.05) is 26.0 Å². The summed E-state index contributed by atoms with van der Waals surface area (Å²) in [7, 11) is 1.31. The lowest BCUT2D eigenvalue weighted by Crippen LogP contribution is -2.18. The first-order valence-corrected chi connectivity index (χ1v) is 7.09. The molecule has 2 aromatic rings. The molecule has 2 aromatic carbocycles. The fourth-order valence-electron chi connectivity index (χ4n) is 1.96. The number of esters is 2. The third-order valence-corrected chi connectivity index (χ3v) is 3.41. The third kappa shape index (κ3) is 4.32. The van der Waals surface area contributed by atoms with E-state index in [1.165, 1.54) is 31.4 Å². The standard InChI is InChI=1S/C18H18O5/c1-12-5-4-6-16(13(12)2)22-11-17(19)23-15-9-7-14(8-10-15)18(20)21-3/h4-10H,11H2,1-3H3. The Morgan fingerprint density at radius 1 is 1.00 bits per heavy atom. The van der Waals surface area contributed by atoms with Crippen LogP contribution in [-0.2, 0) is 9.53 Å². The van der Waals surface area contributed by atoms with E-state index in [2.05, 4.69) is 4.74 Å². The predicted octanol–water partition coefficient (Wildman–Crippen LogP) is 3.07. The molecule has 0 amide bonds. The molecule has 0 fully saturated rings. The van der Waals surface area contributed by atoms with Gasteiger partial charge in [0.1, 0.15) is 11.5 Å². The van der Waals surface area contributed by atoms with Crippen molar-refractivity contribution in [1.82, 2.24) is 0 Å². The molecule has 0 saturated heterocycles. The first kappa shape index (κ1) is 16.5. The molecule has 0 aliphatic carbocycles. The molecule has 5 heteroatoms. The zero-order valence-electron chi connectivity index (χ0n) is 13.3. The highest BCUT2D eigenvalue weighted by Crippen LogP contribution is 2.20. The van der Waals surface area contributed by atoms with Crippen molar-refractivity contribution in [2.24, 2.45) is 0 Å². The quantitative estimate of drug-likeness (QED) is 0.627. The summed E-state index contributed by atoms with van der Waals surface area (Å²) in [4.78, 5) is 23.1. The van der Waals surface area contributed by atoms with Gasteiger partial charge in [0.15, 0.2) is 6.61 Å². The number of ether oxygens (including phenoxy) is 3. The summed E-state index contributed by atoms with van der Waals surface area (Å²) in [5.74, 6) is 0.0352. The molecule has 0 radical (unpaired) electrons. The molecular weight excluding hydrogens is 296 g/mol. The summed E-state index contributed by atoms with van der Waals surface area (Å²) < 4.78 is 15.2. The average molecular weight is 314 g/mol. The molecule has 0 aliphatic heterocycles. The molecule has 0 unspecified atom stereocenters. The number of benzene rings is 2. The van der Waals surface area contributed by atoms with E-state index in [4.69, 9.17) is 9.47 Å². The summed E-state index contributed by atoms with van der Waals surface area (Å²) in [6, 6.07) is 11.8. The average Bonchev–Trinajstić information content (AvgIpc) is 2.56. The fourth-order valence-corrected chi connectivity index (χ4v) is 1.96. The predicted molar refractivity (Wildman–Crippen MR) is 84.8 cm³/mol. The summed E-state index contributed by atoms with van der Waals surface area (Å²) in [6.07, 6.45) is 0. The van der Waals surface area contributed by atoms with Gasteiger partial charge in [-0.1, -0.05) is 12.1 Å². The van der Waals surface area contributed by atoms with Crippen molar-refractivity contribution in [3.8, 4) is 11.5 Å². The molecule has 0 aromatic heterocycles. The van der Waals surface area contributed by atoms with Gasteiger partial charge < -0.3 is 14.2 Å². The van der Waals surface area contributed by atoms with Crippen molar-refractivity contribution >= 4 is 11.9 Å². The van der Waals surface area contributed by atoms with Crippen molar-refractivity contribution < 1.29 is 23.8 Å². The highest BCUT2D eigenvalue weighted by Gasteiger charge is 2.10. The number of carbonyl (C=O) groups excluding carboxylic acids is 2. The highest BCUT2D eigenvalue weighted by molar-refractivity contribution is 5.89. The molecule has 120 valence electrons. The van der Waals surface area contributed by atoms with Crippen molar-refractivity contribution in [2.45, 2.75) is 13.8 Å². The maximum absolute atomic E-state index is 11.8. The molecule has 0 atom stereocenters. The normalized spacial score (nSPS) is 10.0. The SMILES string of the molecule is COC(=O)c1ccc(OC(=O)COc2cccc(C)c2C)cc1. The van der Waals surface area contributed by atoms with E-state index < -0.39 is 11.9 Å². The van der Waals surface area contributed by atoms with Crippen molar-refractivity contribution in [3.05, 3.63) is 59.2 Å². The van der Waals surface area contributed by atoms with Crippen LogP contribution in [0.25, 0.3) is 0 Å². The van der Waals surface area contributed by atoms with Gasteiger partial charge in [0, 0.05) is 0 Å². The maximum atomic E-state index is 11.8. The summed E-state index contributed by atoms with van der Waals surface area (Å²) in [6.45, 7) is 3.72. The Morgan fingerprint density at radius 2 is 1.70 bits per heavy atom. The number of carbonyl (C=O) groups is 2. The molecule has 23 heavy (non-hydrogen) atoms. The van der Waals surface area contributed by atoms with Crippen LogP contribution in [0.2, 0.25) is 0 Å². The first-order chi connectivity index (χ1) is 11.0. The Labute approximate surface area is 134 Å². The van der Waals surface area contributed by atoms with E-state index in [0.29, 0.717) is 17.1 Å². The van der Waals surface area contributed by atoms with Crippen LogP contribution in [0.1, 0.15) is 21.5 Å². The van der Waals surface area contributed by atoms with Gasteiger partial charge >= 0.3 is 11.9 Å². The Bertz CT molecular complexity index is 704. The largest absolute Gasteiger partial charge is 0.482 e. The second-order valence-corrected chi connectivity index (χ2v) is 4.98. The second kappa shape index (κ2) is 7.45. The second-order valence-electron chi connectivity index (χ2n) is 4.98. The minimum absolute atomic E-state index is 0.191. The van der Waals surface area contributed by atoms with Gasteiger partial charge in [0.05, 0.1) is 12.7 Å². The Balaban J connectivity index is 1.92. The highest BCUT2D eigenvalue weighted by atomic mass is 16.6. The summed E-state index contributed by atoms with van der Waals surface area (Å²) in [5, 5.41) is 0. The smallest absolute Gasteiger partial charge is 0.349 e. The maximum Gasteiger partial charge on any atom is 0.349 e. The van der Waals surface area contributed by atoms with Gasteiger partial charge in [0.2, 0.25) is 0 Å². The van der Waals surface area contributed by atoms with E-state index in [1.54, 1.807) is 6.07 Å². The summed E-state index contributed by atoms with van der Waals surface area (Å²) in [5.41, 5.74) is 2.47. The molecule has 5 nitrogen and oxygen atoms in total. The van der Waals surface area contributed by atoms with Crippen LogP contribution in [0.3, 0.4) is 0 Å². The molecular formula is C18H18O5. The molecule has 0 bridgehead atoms. The minimum atomic E-state index is -0.517. The van der Waals surface area contributed by atoms with Gasteiger partial charge in [-0.3, -0.25) is 0 Å². The Kier molecular flexibility index (Phi) is 5.36. The number of hydrogen-bond donors (Lipinski definition) is 0. The molecule has 0 spiro atoms. The van der Waals surface area contributed by atoms with Crippen LogP contribution in [0.4, 0.5) is 0 Å². The van der Waals surface area contributed by atoms with Crippen molar-refractivity contribution in [1.29, 1.82) is 0 Å². The summed E-state index contributed by atoms with van der Waals surface area (Å²) >= 11 is 0. The van der Waals surface area contributed by atoms with E-state index in [-0.39, 0.29) is 6.61 Å². The van der Waals surface area contributed by atoms with Gasteiger partial charge in [-0.15, -0.1) is 0 Å². The lowest BCUT2D eigenvalue weighted by Gasteiger charge is -2.10. The van der Waals surface area contributed by atoms with Gasteiger partial charge in [0.25, 0.3) is 0 Å². The number of methoxy groups -OCH3 is 1. The zero-order chi connectivity index (χ0) is 16.8. The minimum Gasteiger partial charge on any atom is -0.482 e. The zero-order valence-corrected chi connectivity index (χ0v) is 13.3. The molecule has 0 heterocycles. The van der Waals surface area contributed by atoms with Crippen LogP contribution in [0.5, 0.6) is 11.5 Å². The van der Waals surface area contributed by atoms with E-state index in [9.17, 15) is 9.59 Å². The lowest BCUT2D eigenvalue weighted by atomic mass is 10.1. The monoisotopic (exact) mass is 314 g/mol. The first-order valence-electron chi connectivity index (χ1n) is 7.09. The van der Waals surface area contributed by atoms with Crippen molar-refractivity contribution in [3.63, 3.8) is 0 Å². The fraction of sp³-hybridized carbons (Fsp3) is 0.222. The van der Waals surface area contributed by atoms with Crippen LogP contribution in [-0.4, -0.2) is 25.7 Å². The van der Waals surface area contributed by atoms with Crippen LogP contribution in [0, 0.1) is 13.8 Å². The molecule has 0 saturated carbocycles. The Hall–Kier alpha value is -2.82. The van der Waals surface area contributed by atoms with Crippen LogP contribution < -0.4 is 9.47 Å².